The van der Waals surface area contributed by atoms with Crippen molar-refractivity contribution in [2.45, 2.75) is 12.5 Å². The summed E-state index contributed by atoms with van der Waals surface area (Å²) < 4.78 is 18.0. The average Bonchev–Trinajstić information content (AvgIpc) is 2.57. The molecule has 1 fully saturated rings. The van der Waals surface area contributed by atoms with Gasteiger partial charge in [-0.15, -0.1) is 0 Å². The van der Waals surface area contributed by atoms with Crippen LogP contribution in [0, 0.1) is 5.82 Å². The first-order valence-corrected chi connectivity index (χ1v) is 5.01. The Morgan fingerprint density at radius 2 is 2.31 bits per heavy atom. The van der Waals surface area contributed by atoms with Gasteiger partial charge in [0.1, 0.15) is 11.6 Å². The summed E-state index contributed by atoms with van der Waals surface area (Å²) in [7, 11) is 1.44. The van der Waals surface area contributed by atoms with Crippen molar-refractivity contribution < 1.29 is 13.9 Å². The van der Waals surface area contributed by atoms with Crippen LogP contribution >= 0.6 is 0 Å². The van der Waals surface area contributed by atoms with Gasteiger partial charge in [0.15, 0.2) is 0 Å². The van der Waals surface area contributed by atoms with E-state index in [4.69, 9.17) is 10.5 Å². The molecule has 1 unspecified atom stereocenters. The molecule has 0 aliphatic carbocycles. The fourth-order valence-electron chi connectivity index (χ4n) is 1.84. The number of carbonyl (C=O) groups is 1. The summed E-state index contributed by atoms with van der Waals surface area (Å²) in [4.78, 5) is 13.2. The number of nitrogens with two attached hydrogens (primary N) is 1. The second-order valence-corrected chi connectivity index (χ2v) is 3.78. The monoisotopic (exact) mass is 224 g/mol. The molecule has 1 aliphatic rings. The summed E-state index contributed by atoms with van der Waals surface area (Å²) in [5.41, 5.74) is 6.27. The van der Waals surface area contributed by atoms with Crippen molar-refractivity contribution in [1.29, 1.82) is 0 Å². The lowest BCUT2D eigenvalue weighted by Crippen LogP contribution is -2.28. The van der Waals surface area contributed by atoms with Crippen molar-refractivity contribution in [3.8, 4) is 5.75 Å². The second-order valence-electron chi connectivity index (χ2n) is 3.78. The number of hydrogen-bond acceptors (Lipinski definition) is 3. The predicted molar refractivity (Wildman–Crippen MR) is 57.9 cm³/mol. The molecule has 5 heteroatoms. The number of methoxy groups -OCH3 is 1. The molecule has 1 heterocycles. The van der Waals surface area contributed by atoms with Crippen LogP contribution in [-0.4, -0.2) is 25.6 Å². The van der Waals surface area contributed by atoms with Gasteiger partial charge in [-0.25, -0.2) is 4.39 Å². The van der Waals surface area contributed by atoms with Gasteiger partial charge in [-0.1, -0.05) is 0 Å². The Hall–Kier alpha value is -1.62. The lowest BCUT2D eigenvalue weighted by molar-refractivity contribution is -0.117. The van der Waals surface area contributed by atoms with Crippen molar-refractivity contribution in [2.24, 2.45) is 5.73 Å². The summed E-state index contributed by atoms with van der Waals surface area (Å²) in [6.07, 6.45) is 0.320. The van der Waals surface area contributed by atoms with Crippen LogP contribution in [0.2, 0.25) is 0 Å². The SMILES string of the molecule is COc1cc(F)ccc1N1CC(N)CC1=O. The van der Waals surface area contributed by atoms with Gasteiger partial charge in [0.05, 0.1) is 12.8 Å². The van der Waals surface area contributed by atoms with E-state index in [-0.39, 0.29) is 11.9 Å². The smallest absolute Gasteiger partial charge is 0.228 e. The van der Waals surface area contributed by atoms with Crippen molar-refractivity contribution in [2.75, 3.05) is 18.6 Å². The largest absolute Gasteiger partial charge is 0.494 e. The maximum Gasteiger partial charge on any atom is 0.228 e. The average molecular weight is 224 g/mol. The molecule has 86 valence electrons. The van der Waals surface area contributed by atoms with Gasteiger partial charge < -0.3 is 15.4 Å². The maximum absolute atomic E-state index is 13.0. The number of nitrogens with zero attached hydrogens (tertiary/aromatic N) is 1. The summed E-state index contributed by atoms with van der Waals surface area (Å²) in [6.45, 7) is 0.445. The third-order valence-electron chi connectivity index (χ3n) is 2.59. The first-order chi connectivity index (χ1) is 7.61. The zero-order valence-corrected chi connectivity index (χ0v) is 8.94. The van der Waals surface area contributed by atoms with E-state index in [1.807, 2.05) is 0 Å². The van der Waals surface area contributed by atoms with Gasteiger partial charge in [0.25, 0.3) is 0 Å². The van der Waals surface area contributed by atoms with E-state index in [2.05, 4.69) is 0 Å². The second kappa shape index (κ2) is 4.09. The van der Waals surface area contributed by atoms with Crippen molar-refractivity contribution >= 4 is 11.6 Å². The highest BCUT2D eigenvalue weighted by atomic mass is 19.1. The molecule has 1 saturated heterocycles. The summed E-state index contributed by atoms with van der Waals surface area (Å²) in [5, 5.41) is 0. The van der Waals surface area contributed by atoms with Crippen LogP contribution in [0.4, 0.5) is 10.1 Å². The van der Waals surface area contributed by atoms with E-state index >= 15 is 0 Å². The number of benzene rings is 1. The molecule has 0 saturated carbocycles. The Bertz CT molecular complexity index is 422. The Balaban J connectivity index is 2.36. The standard InChI is InChI=1S/C11H13FN2O2/c1-16-10-4-7(12)2-3-9(10)14-6-8(13)5-11(14)15/h2-4,8H,5-6,13H2,1H3. The zero-order valence-electron chi connectivity index (χ0n) is 8.94. The van der Waals surface area contributed by atoms with Gasteiger partial charge in [-0.2, -0.15) is 0 Å². The summed E-state index contributed by atoms with van der Waals surface area (Å²) >= 11 is 0. The molecule has 0 spiro atoms. The quantitative estimate of drug-likeness (QED) is 0.812. The Morgan fingerprint density at radius 3 is 2.88 bits per heavy atom. The van der Waals surface area contributed by atoms with E-state index in [0.717, 1.165) is 0 Å². The van der Waals surface area contributed by atoms with Crippen LogP contribution in [0.15, 0.2) is 18.2 Å². The Morgan fingerprint density at radius 1 is 1.56 bits per heavy atom. The summed E-state index contributed by atoms with van der Waals surface area (Å²) in [6, 6.07) is 3.92. The number of hydrogen-bond donors (Lipinski definition) is 1. The molecular formula is C11H13FN2O2. The molecular weight excluding hydrogens is 211 g/mol. The summed E-state index contributed by atoms with van der Waals surface area (Å²) in [5.74, 6) is -0.101. The molecule has 0 radical (unpaired) electrons. The molecule has 1 atom stereocenters. The molecule has 0 bridgehead atoms. The van der Waals surface area contributed by atoms with Crippen LogP contribution in [0.3, 0.4) is 0 Å². The highest BCUT2D eigenvalue weighted by Crippen LogP contribution is 2.31. The van der Waals surface area contributed by atoms with Gasteiger partial charge >= 0.3 is 0 Å². The van der Waals surface area contributed by atoms with Crippen LogP contribution in [0.5, 0.6) is 5.75 Å². The highest BCUT2D eigenvalue weighted by molar-refractivity contribution is 5.97. The van der Waals surface area contributed by atoms with Crippen molar-refractivity contribution in [1.82, 2.24) is 0 Å². The van der Waals surface area contributed by atoms with Gasteiger partial charge in [-0.3, -0.25) is 4.79 Å². The first kappa shape index (κ1) is 10.9. The predicted octanol–water partition coefficient (Wildman–Crippen LogP) is 0.898. The molecule has 16 heavy (non-hydrogen) atoms. The third-order valence-corrected chi connectivity index (χ3v) is 2.59. The zero-order chi connectivity index (χ0) is 11.7. The molecule has 2 rings (SSSR count). The fourth-order valence-corrected chi connectivity index (χ4v) is 1.84. The normalized spacial score (nSPS) is 20.3. The fraction of sp³-hybridized carbons (Fsp3) is 0.364. The molecule has 1 aliphatic heterocycles. The maximum atomic E-state index is 13.0. The molecule has 1 amide bonds. The minimum atomic E-state index is -0.392. The minimum Gasteiger partial charge on any atom is -0.494 e. The topological polar surface area (TPSA) is 55.6 Å². The first-order valence-electron chi connectivity index (χ1n) is 5.01. The lowest BCUT2D eigenvalue weighted by atomic mass is 10.2. The number of carbonyl (C=O) groups excluding carboxylic acids is 1. The molecule has 1 aromatic carbocycles. The van der Waals surface area contributed by atoms with Crippen LogP contribution in [-0.2, 0) is 4.79 Å². The minimum absolute atomic E-state index is 0.0580. The van der Waals surface area contributed by atoms with Gasteiger partial charge in [0, 0.05) is 25.1 Å². The molecule has 0 aromatic heterocycles. The third kappa shape index (κ3) is 1.86. The molecule has 4 nitrogen and oxygen atoms in total. The lowest BCUT2D eigenvalue weighted by Gasteiger charge is -2.19. The molecule has 1 aromatic rings. The van der Waals surface area contributed by atoms with E-state index in [0.29, 0.717) is 24.4 Å². The highest BCUT2D eigenvalue weighted by Gasteiger charge is 2.29. The van der Waals surface area contributed by atoms with Gasteiger partial charge in [-0.05, 0) is 12.1 Å². The van der Waals surface area contributed by atoms with E-state index in [9.17, 15) is 9.18 Å². The van der Waals surface area contributed by atoms with Crippen LogP contribution in [0.1, 0.15) is 6.42 Å². The number of amides is 1. The van der Waals surface area contributed by atoms with E-state index in [1.54, 1.807) is 0 Å². The number of anilines is 1. The van der Waals surface area contributed by atoms with Crippen LogP contribution in [0.25, 0.3) is 0 Å². The Kier molecular flexibility index (Phi) is 2.78. The number of rotatable bonds is 2. The van der Waals surface area contributed by atoms with Gasteiger partial charge in [0.2, 0.25) is 5.91 Å². The number of halogens is 1. The van der Waals surface area contributed by atoms with Crippen molar-refractivity contribution in [3.05, 3.63) is 24.0 Å². The van der Waals surface area contributed by atoms with E-state index in [1.165, 1.54) is 30.2 Å². The molecule has 2 N–H and O–H groups in total. The van der Waals surface area contributed by atoms with E-state index < -0.39 is 5.82 Å². The Labute approximate surface area is 92.8 Å². The van der Waals surface area contributed by atoms with Crippen LogP contribution < -0.4 is 15.4 Å². The van der Waals surface area contributed by atoms with Crippen molar-refractivity contribution in [3.63, 3.8) is 0 Å². The number of ether oxygens (including phenoxy) is 1.